The fourth-order valence-corrected chi connectivity index (χ4v) is 3.55. The van der Waals surface area contributed by atoms with Gasteiger partial charge in [-0.25, -0.2) is 0 Å². The van der Waals surface area contributed by atoms with Gasteiger partial charge >= 0.3 is 0 Å². The van der Waals surface area contributed by atoms with Crippen LogP contribution >= 0.6 is 11.8 Å². The molecule has 0 radical (unpaired) electrons. The van der Waals surface area contributed by atoms with Gasteiger partial charge in [-0.2, -0.15) is 0 Å². The quantitative estimate of drug-likeness (QED) is 0.347. The van der Waals surface area contributed by atoms with Crippen molar-refractivity contribution < 1.29 is 0 Å². The molecule has 0 atom stereocenters. The minimum absolute atomic E-state index is 1.03. The minimum Gasteiger partial charge on any atom is -0.0945 e. The lowest BCUT2D eigenvalue weighted by Crippen LogP contribution is -1.88. The Hall–Kier alpha value is -1.47. The van der Waals surface area contributed by atoms with E-state index in [1.54, 1.807) is 0 Å². The van der Waals surface area contributed by atoms with E-state index in [0.29, 0.717) is 0 Å². The highest BCUT2D eigenvalue weighted by molar-refractivity contribution is 8.03. The fourth-order valence-electron chi connectivity index (χ4n) is 2.54. The van der Waals surface area contributed by atoms with E-state index in [4.69, 9.17) is 0 Å². The average Bonchev–Trinajstić information content (AvgIpc) is 2.57. The van der Waals surface area contributed by atoms with Gasteiger partial charge in [-0.15, -0.1) is 0 Å². The van der Waals surface area contributed by atoms with Crippen molar-refractivity contribution in [2.75, 3.05) is 0 Å². The summed E-state index contributed by atoms with van der Waals surface area (Å²) in [7, 11) is 0. The van der Waals surface area contributed by atoms with Crippen LogP contribution in [0, 0.1) is 6.92 Å². The Balaban J connectivity index is 2.00. The zero-order valence-corrected chi connectivity index (χ0v) is 15.2. The summed E-state index contributed by atoms with van der Waals surface area (Å²) in [4.78, 5) is 2.81. The van der Waals surface area contributed by atoms with Crippen molar-refractivity contribution in [1.82, 2.24) is 0 Å². The van der Waals surface area contributed by atoms with E-state index in [1.807, 2.05) is 11.8 Å². The van der Waals surface area contributed by atoms with Gasteiger partial charge in [-0.3, -0.25) is 0 Å². The van der Waals surface area contributed by atoms with E-state index < -0.39 is 0 Å². The summed E-state index contributed by atoms with van der Waals surface area (Å²) in [6, 6.07) is 19.7. The zero-order valence-electron chi connectivity index (χ0n) is 14.4. The molecule has 0 aromatic heterocycles. The highest BCUT2D eigenvalue weighted by atomic mass is 32.2. The summed E-state index contributed by atoms with van der Waals surface area (Å²) in [5, 5.41) is 0. The van der Waals surface area contributed by atoms with E-state index in [-0.39, 0.29) is 0 Å². The van der Waals surface area contributed by atoms with Gasteiger partial charge in [0.25, 0.3) is 0 Å². The third-order valence-electron chi connectivity index (χ3n) is 3.92. The number of rotatable bonds is 9. The molecule has 2 aromatic carbocycles. The van der Waals surface area contributed by atoms with Crippen molar-refractivity contribution >= 4 is 11.8 Å². The lowest BCUT2D eigenvalue weighted by Gasteiger charge is -2.09. The van der Waals surface area contributed by atoms with Crippen LogP contribution in [0.2, 0.25) is 0 Å². The molecule has 0 bridgehead atoms. The molecule has 0 heterocycles. The molecule has 0 N–H and O–H groups in total. The molecular weight excluding hydrogens is 296 g/mol. The molecule has 2 rings (SSSR count). The number of benzene rings is 2. The molecule has 0 saturated carbocycles. The van der Waals surface area contributed by atoms with E-state index >= 15 is 0 Å². The molecule has 0 nitrogen and oxygen atoms in total. The highest BCUT2D eigenvalue weighted by Gasteiger charge is 2.03. The number of unbranched alkanes of at least 4 members (excludes halogenated alkanes) is 4. The Labute approximate surface area is 146 Å². The van der Waals surface area contributed by atoms with Crippen molar-refractivity contribution in [3.8, 4) is 0 Å². The molecule has 1 heteroatoms. The van der Waals surface area contributed by atoms with E-state index in [9.17, 15) is 0 Å². The molecule has 0 saturated heterocycles. The normalized spacial score (nSPS) is 11.7. The Morgan fingerprint density at radius 3 is 2.35 bits per heavy atom. The standard InChI is InChI=1S/C22H28S/c1-3-4-5-6-10-13-22(18-20-11-8-7-9-12-20)23-21-16-14-19(2)15-17-21/h7-9,11-17H,3-6,10,18H2,1-2H3/b22-13+. The maximum atomic E-state index is 2.45. The lowest BCUT2D eigenvalue weighted by molar-refractivity contribution is 0.674. The van der Waals surface area contributed by atoms with Crippen LogP contribution in [0.3, 0.4) is 0 Å². The van der Waals surface area contributed by atoms with Crippen molar-refractivity contribution in [2.24, 2.45) is 0 Å². The molecule has 23 heavy (non-hydrogen) atoms. The first-order chi connectivity index (χ1) is 11.3. The van der Waals surface area contributed by atoms with Gasteiger partial charge in [-0.1, -0.05) is 92.1 Å². The van der Waals surface area contributed by atoms with Crippen LogP contribution in [0.4, 0.5) is 0 Å². The Morgan fingerprint density at radius 1 is 0.913 bits per heavy atom. The zero-order chi connectivity index (χ0) is 16.3. The summed E-state index contributed by atoms with van der Waals surface area (Å²) in [5.74, 6) is 0. The summed E-state index contributed by atoms with van der Waals surface area (Å²) in [6.45, 7) is 4.41. The molecule has 2 aromatic rings. The smallest absolute Gasteiger partial charge is 0.0119 e. The Kier molecular flexibility index (Phi) is 8.03. The summed E-state index contributed by atoms with van der Waals surface area (Å²) < 4.78 is 0. The van der Waals surface area contributed by atoms with Crippen molar-refractivity contribution in [1.29, 1.82) is 0 Å². The second-order valence-electron chi connectivity index (χ2n) is 6.10. The molecule has 0 amide bonds. The molecule has 0 unspecified atom stereocenters. The van der Waals surface area contributed by atoms with Crippen molar-refractivity contribution in [3.63, 3.8) is 0 Å². The van der Waals surface area contributed by atoms with Crippen LogP contribution < -0.4 is 0 Å². The van der Waals surface area contributed by atoms with E-state index in [2.05, 4.69) is 74.5 Å². The molecule has 0 aliphatic carbocycles. The second-order valence-corrected chi connectivity index (χ2v) is 7.30. The van der Waals surface area contributed by atoms with Crippen molar-refractivity contribution in [2.45, 2.75) is 57.3 Å². The molecule has 0 fully saturated rings. The first-order valence-corrected chi connectivity index (χ1v) is 9.57. The van der Waals surface area contributed by atoms with E-state index in [0.717, 1.165) is 6.42 Å². The average molecular weight is 325 g/mol. The van der Waals surface area contributed by atoms with Crippen LogP contribution in [-0.2, 0) is 6.42 Å². The first-order valence-electron chi connectivity index (χ1n) is 8.75. The van der Waals surface area contributed by atoms with Gasteiger partial charge in [0.2, 0.25) is 0 Å². The fraction of sp³-hybridized carbons (Fsp3) is 0.364. The van der Waals surface area contributed by atoms with Crippen LogP contribution in [0.5, 0.6) is 0 Å². The van der Waals surface area contributed by atoms with Gasteiger partial charge < -0.3 is 0 Å². The van der Waals surface area contributed by atoms with Crippen molar-refractivity contribution in [3.05, 3.63) is 76.7 Å². The largest absolute Gasteiger partial charge is 0.0945 e. The topological polar surface area (TPSA) is 0 Å². The van der Waals surface area contributed by atoms with Gasteiger partial charge in [0.15, 0.2) is 0 Å². The number of allylic oxidation sites excluding steroid dienone is 2. The van der Waals surface area contributed by atoms with Gasteiger partial charge in [-0.05, 0) is 42.4 Å². The van der Waals surface area contributed by atoms with E-state index in [1.165, 1.54) is 53.0 Å². The Bertz CT molecular complexity index is 581. The second kappa shape index (κ2) is 10.3. The van der Waals surface area contributed by atoms with Crippen LogP contribution in [-0.4, -0.2) is 0 Å². The summed E-state index contributed by atoms with van der Waals surface area (Å²) >= 11 is 1.92. The molecule has 0 aliphatic heterocycles. The number of hydrogen-bond donors (Lipinski definition) is 0. The van der Waals surface area contributed by atoms with Gasteiger partial charge in [0.05, 0.1) is 0 Å². The monoisotopic (exact) mass is 324 g/mol. The highest BCUT2D eigenvalue weighted by Crippen LogP contribution is 2.30. The lowest BCUT2D eigenvalue weighted by atomic mass is 10.1. The molecular formula is C22H28S. The Morgan fingerprint density at radius 2 is 1.65 bits per heavy atom. The number of thioether (sulfide) groups is 1. The van der Waals surface area contributed by atoms with Crippen LogP contribution in [0.15, 0.2) is 70.5 Å². The molecule has 0 spiro atoms. The first kappa shape index (κ1) is 17.9. The third-order valence-corrected chi connectivity index (χ3v) is 5.00. The van der Waals surface area contributed by atoms with Gasteiger partial charge in [0.1, 0.15) is 0 Å². The maximum Gasteiger partial charge on any atom is 0.0119 e. The minimum atomic E-state index is 1.03. The maximum absolute atomic E-state index is 2.45. The SMILES string of the molecule is CCCCCC/C=C(\Cc1ccccc1)Sc1ccc(C)cc1. The summed E-state index contributed by atoms with van der Waals surface area (Å²) in [6.07, 6.45) is 9.99. The molecule has 122 valence electrons. The van der Waals surface area contributed by atoms with Crippen LogP contribution in [0.25, 0.3) is 0 Å². The number of aryl methyl sites for hydroxylation is 1. The van der Waals surface area contributed by atoms with Gasteiger partial charge in [0, 0.05) is 11.3 Å². The summed E-state index contributed by atoms with van der Waals surface area (Å²) in [5.41, 5.74) is 2.72. The third kappa shape index (κ3) is 7.09. The van der Waals surface area contributed by atoms with Crippen LogP contribution in [0.1, 0.15) is 50.2 Å². The number of hydrogen-bond acceptors (Lipinski definition) is 1. The predicted octanol–water partition coefficient (Wildman–Crippen LogP) is 7.18. The molecule has 0 aliphatic rings. The predicted molar refractivity (Wildman–Crippen MR) is 104 cm³/mol.